The molecule has 6 heteroatoms. The number of phenolic OH excluding ortho intramolecular Hbond substituents is 1. The zero-order valence-electron chi connectivity index (χ0n) is 7.03. The fraction of sp³-hybridized carbons (Fsp3) is 0.125. The molecule has 0 aliphatic heterocycles. The van der Waals surface area contributed by atoms with E-state index in [1.54, 1.807) is 0 Å². The fourth-order valence-electron chi connectivity index (χ4n) is 0.935. The van der Waals surface area contributed by atoms with E-state index in [1.165, 1.54) is 12.1 Å². The number of nitrogens with two attached hydrogens (primary N) is 1. The van der Waals surface area contributed by atoms with Gasteiger partial charge >= 0.3 is 5.97 Å². The molecule has 4 N–H and O–H groups in total. The van der Waals surface area contributed by atoms with Crippen LogP contribution in [0.3, 0.4) is 0 Å². The summed E-state index contributed by atoms with van der Waals surface area (Å²) in [6, 6.07) is 2.68. The van der Waals surface area contributed by atoms with E-state index >= 15 is 0 Å². The van der Waals surface area contributed by atoms with Crippen LogP contribution in [0.15, 0.2) is 16.6 Å². The van der Waals surface area contributed by atoms with Crippen molar-refractivity contribution < 1.29 is 15.0 Å². The van der Waals surface area contributed by atoms with Gasteiger partial charge < -0.3 is 15.9 Å². The third-order valence-electron chi connectivity index (χ3n) is 1.61. The molecule has 0 saturated heterocycles. The summed E-state index contributed by atoms with van der Waals surface area (Å²) >= 11 is 3.04. The van der Waals surface area contributed by atoms with Crippen molar-refractivity contribution in [3.63, 3.8) is 0 Å². The zero-order valence-corrected chi connectivity index (χ0v) is 9.43. The van der Waals surface area contributed by atoms with Crippen molar-refractivity contribution in [3.8, 4) is 5.75 Å². The monoisotopic (exact) mass is 281 g/mol. The van der Waals surface area contributed by atoms with E-state index in [1.807, 2.05) is 0 Å². The summed E-state index contributed by atoms with van der Waals surface area (Å²) in [5, 5.41) is 18.1. The van der Waals surface area contributed by atoms with E-state index in [0.29, 0.717) is 10.0 Å². The first-order valence-electron chi connectivity index (χ1n) is 3.51. The van der Waals surface area contributed by atoms with Gasteiger partial charge in [0.25, 0.3) is 0 Å². The largest absolute Gasteiger partial charge is 0.506 e. The summed E-state index contributed by atoms with van der Waals surface area (Å²) < 4.78 is 0.341. The van der Waals surface area contributed by atoms with Gasteiger partial charge in [-0.25, -0.2) is 4.79 Å². The van der Waals surface area contributed by atoms with Gasteiger partial charge in [-0.3, -0.25) is 0 Å². The van der Waals surface area contributed by atoms with Crippen LogP contribution >= 0.6 is 28.3 Å². The number of phenols is 1. The Morgan fingerprint density at radius 1 is 1.50 bits per heavy atom. The second-order valence-electron chi connectivity index (χ2n) is 2.48. The molecule has 0 amide bonds. The van der Waals surface area contributed by atoms with Crippen molar-refractivity contribution in [2.75, 3.05) is 0 Å². The maximum Gasteiger partial charge on any atom is 0.335 e. The summed E-state index contributed by atoms with van der Waals surface area (Å²) in [6.45, 7) is 0.103. The molecule has 0 spiro atoms. The van der Waals surface area contributed by atoms with E-state index in [9.17, 15) is 9.90 Å². The second-order valence-corrected chi connectivity index (χ2v) is 3.33. The Morgan fingerprint density at radius 3 is 2.50 bits per heavy atom. The number of hydrogen-bond acceptors (Lipinski definition) is 3. The molecule has 1 aromatic carbocycles. The minimum absolute atomic E-state index is 0. The summed E-state index contributed by atoms with van der Waals surface area (Å²) in [6.07, 6.45) is 0. The number of carboxylic acid groups (broad SMARTS) is 1. The SMILES string of the molecule is Cl.NCc1cc(C(=O)O)cc(Br)c1O. The first-order chi connectivity index (χ1) is 6.06. The lowest BCUT2D eigenvalue weighted by Crippen LogP contribution is -2.02. The van der Waals surface area contributed by atoms with E-state index in [0.717, 1.165) is 0 Å². The van der Waals surface area contributed by atoms with Crippen molar-refractivity contribution in [1.82, 2.24) is 0 Å². The molecule has 1 rings (SSSR count). The van der Waals surface area contributed by atoms with E-state index in [2.05, 4.69) is 15.9 Å². The van der Waals surface area contributed by atoms with Gasteiger partial charge in [-0.15, -0.1) is 12.4 Å². The average Bonchev–Trinajstić information content (AvgIpc) is 2.09. The molecule has 0 unspecified atom stereocenters. The fourth-order valence-corrected chi connectivity index (χ4v) is 1.44. The molecule has 14 heavy (non-hydrogen) atoms. The highest BCUT2D eigenvalue weighted by molar-refractivity contribution is 9.10. The quantitative estimate of drug-likeness (QED) is 0.771. The number of benzene rings is 1. The topological polar surface area (TPSA) is 83.6 Å². The normalized spacial score (nSPS) is 9.29. The summed E-state index contributed by atoms with van der Waals surface area (Å²) in [5.74, 6) is -1.05. The Kier molecular flexibility index (Phi) is 4.90. The Hall–Kier alpha value is -0.780. The highest BCUT2D eigenvalue weighted by atomic mass is 79.9. The number of carboxylic acids is 1. The molecule has 0 heterocycles. The first kappa shape index (κ1) is 13.2. The molecule has 0 aliphatic carbocycles. The van der Waals surface area contributed by atoms with Crippen LogP contribution in [0.4, 0.5) is 0 Å². The Bertz CT molecular complexity index is 357. The molecule has 0 bridgehead atoms. The molecule has 4 nitrogen and oxygen atoms in total. The number of hydrogen-bond donors (Lipinski definition) is 3. The Labute approximate surface area is 95.3 Å². The maximum absolute atomic E-state index is 10.6. The molecule has 0 atom stereocenters. The van der Waals surface area contributed by atoms with Crippen LogP contribution in [-0.2, 0) is 6.54 Å². The van der Waals surface area contributed by atoms with Crippen molar-refractivity contribution in [2.45, 2.75) is 6.54 Å². The van der Waals surface area contributed by atoms with Crippen molar-refractivity contribution in [1.29, 1.82) is 0 Å². The van der Waals surface area contributed by atoms with Crippen LogP contribution in [0.25, 0.3) is 0 Å². The van der Waals surface area contributed by atoms with Gasteiger partial charge in [-0.2, -0.15) is 0 Å². The molecule has 78 valence electrons. The lowest BCUT2D eigenvalue weighted by molar-refractivity contribution is 0.0696. The number of aromatic hydroxyl groups is 1. The molecule has 0 radical (unpaired) electrons. The minimum atomic E-state index is -1.05. The third kappa shape index (κ3) is 2.60. The highest BCUT2D eigenvalue weighted by Crippen LogP contribution is 2.29. The van der Waals surface area contributed by atoms with Gasteiger partial charge in [0.15, 0.2) is 0 Å². The summed E-state index contributed by atoms with van der Waals surface area (Å²) in [7, 11) is 0. The van der Waals surface area contributed by atoms with Crippen molar-refractivity contribution in [2.24, 2.45) is 5.73 Å². The van der Waals surface area contributed by atoms with Crippen LogP contribution in [0.2, 0.25) is 0 Å². The molecule has 0 fully saturated rings. The molecule has 0 saturated carbocycles. The van der Waals surface area contributed by atoms with Crippen LogP contribution in [-0.4, -0.2) is 16.2 Å². The minimum Gasteiger partial charge on any atom is -0.506 e. The standard InChI is InChI=1S/C8H8BrNO3.ClH/c9-6-2-4(8(12)13)1-5(3-10)7(6)11;/h1-2,11H,3,10H2,(H,12,13);1H. The highest BCUT2D eigenvalue weighted by Gasteiger charge is 2.10. The van der Waals surface area contributed by atoms with E-state index < -0.39 is 5.97 Å². The van der Waals surface area contributed by atoms with Gasteiger partial charge in [0.2, 0.25) is 0 Å². The summed E-state index contributed by atoms with van der Waals surface area (Å²) in [5.41, 5.74) is 5.83. The van der Waals surface area contributed by atoms with Crippen LogP contribution in [0.1, 0.15) is 15.9 Å². The molecule has 0 aliphatic rings. The average molecular weight is 283 g/mol. The predicted octanol–water partition coefficient (Wildman–Crippen LogP) is 1.73. The number of halogens is 2. The van der Waals surface area contributed by atoms with Crippen LogP contribution in [0.5, 0.6) is 5.75 Å². The molecular formula is C8H9BrClNO3. The number of carbonyl (C=O) groups is 1. The molecular weight excluding hydrogens is 273 g/mol. The van der Waals surface area contributed by atoms with Crippen molar-refractivity contribution in [3.05, 3.63) is 27.7 Å². The number of rotatable bonds is 2. The van der Waals surface area contributed by atoms with Gasteiger partial charge in [-0.1, -0.05) is 0 Å². The van der Waals surface area contributed by atoms with E-state index in [4.69, 9.17) is 10.8 Å². The van der Waals surface area contributed by atoms with Gasteiger partial charge in [0.1, 0.15) is 5.75 Å². The lowest BCUT2D eigenvalue weighted by atomic mass is 10.1. The van der Waals surface area contributed by atoms with Gasteiger partial charge in [0.05, 0.1) is 10.0 Å². The van der Waals surface area contributed by atoms with Gasteiger partial charge in [0, 0.05) is 12.1 Å². The number of aromatic carboxylic acids is 1. The first-order valence-corrected chi connectivity index (χ1v) is 4.30. The van der Waals surface area contributed by atoms with Crippen LogP contribution in [0, 0.1) is 0 Å². The second kappa shape index (κ2) is 5.19. The third-order valence-corrected chi connectivity index (χ3v) is 2.21. The zero-order chi connectivity index (χ0) is 10.0. The predicted molar refractivity (Wildman–Crippen MR) is 57.9 cm³/mol. The van der Waals surface area contributed by atoms with E-state index in [-0.39, 0.29) is 30.3 Å². The lowest BCUT2D eigenvalue weighted by Gasteiger charge is -2.05. The van der Waals surface area contributed by atoms with Crippen LogP contribution < -0.4 is 5.73 Å². The Balaban J connectivity index is 0.00000169. The maximum atomic E-state index is 10.6. The smallest absolute Gasteiger partial charge is 0.335 e. The van der Waals surface area contributed by atoms with Gasteiger partial charge in [-0.05, 0) is 28.1 Å². The molecule has 1 aromatic rings. The van der Waals surface area contributed by atoms with Crippen molar-refractivity contribution >= 4 is 34.3 Å². The Morgan fingerprint density at radius 2 is 2.07 bits per heavy atom. The summed E-state index contributed by atoms with van der Waals surface area (Å²) in [4.78, 5) is 10.6. The molecule has 0 aromatic heterocycles.